The average Bonchev–Trinajstić information content (AvgIpc) is 3.14. The summed E-state index contributed by atoms with van der Waals surface area (Å²) in [6.45, 7) is 6.85. The lowest BCUT2D eigenvalue weighted by atomic mass is 9.69. The Balaban J connectivity index is 1.43. The first-order chi connectivity index (χ1) is 15.4. The van der Waals surface area contributed by atoms with Crippen molar-refractivity contribution in [2.75, 3.05) is 14.1 Å². The van der Waals surface area contributed by atoms with E-state index in [1.807, 2.05) is 0 Å². The molecular weight excluding hydrogens is 392 g/mol. The normalized spacial score (nSPS) is 27.6. The Morgan fingerprint density at radius 3 is 2.47 bits per heavy atom. The third-order valence-electron chi connectivity index (χ3n) is 8.19. The number of rotatable bonds is 4. The van der Waals surface area contributed by atoms with Crippen molar-refractivity contribution in [3.63, 3.8) is 0 Å². The molecule has 5 rings (SSSR count). The van der Waals surface area contributed by atoms with Gasteiger partial charge in [0, 0.05) is 23.4 Å². The molecule has 3 unspecified atom stereocenters. The molecule has 170 valence electrons. The summed E-state index contributed by atoms with van der Waals surface area (Å²) in [6.07, 6.45) is 5.90. The minimum Gasteiger partial charge on any atom is -0.365 e. The predicted molar refractivity (Wildman–Crippen MR) is 133 cm³/mol. The van der Waals surface area contributed by atoms with E-state index in [-0.39, 0.29) is 11.7 Å². The molecule has 1 saturated carbocycles. The second kappa shape index (κ2) is 8.35. The molecule has 1 fully saturated rings. The Kier molecular flexibility index (Phi) is 5.67. The van der Waals surface area contributed by atoms with Crippen LogP contribution in [0.15, 0.2) is 48.5 Å². The number of aromatic nitrogens is 1. The van der Waals surface area contributed by atoms with Gasteiger partial charge in [0.05, 0.1) is 11.8 Å². The molecule has 3 atom stereocenters. The van der Waals surface area contributed by atoms with Gasteiger partial charge < -0.3 is 14.6 Å². The molecule has 1 N–H and O–H groups in total. The maximum Gasteiger partial charge on any atom is 0.108 e. The first-order valence-corrected chi connectivity index (χ1v) is 12.4. The summed E-state index contributed by atoms with van der Waals surface area (Å²) in [5, 5.41) is 1.40. The van der Waals surface area contributed by atoms with E-state index in [1.165, 1.54) is 46.1 Å². The number of nitrogens with one attached hydrogen (secondary N) is 1. The van der Waals surface area contributed by atoms with Gasteiger partial charge in [-0.2, -0.15) is 0 Å². The first kappa shape index (κ1) is 21.7. The molecule has 3 aromatic rings. The number of hydrogen-bond acceptors (Lipinski definition) is 2. The van der Waals surface area contributed by atoms with E-state index in [0.29, 0.717) is 17.9 Å². The lowest BCUT2D eigenvalue weighted by Gasteiger charge is -2.48. The maximum atomic E-state index is 6.79. The van der Waals surface area contributed by atoms with Crippen LogP contribution in [0.1, 0.15) is 67.8 Å². The van der Waals surface area contributed by atoms with Gasteiger partial charge in [-0.3, -0.25) is 0 Å². The third-order valence-corrected chi connectivity index (χ3v) is 8.19. The number of hydrogen-bond donors (Lipinski definition) is 1. The van der Waals surface area contributed by atoms with Gasteiger partial charge in [0.25, 0.3) is 0 Å². The van der Waals surface area contributed by atoms with Crippen LogP contribution in [0, 0.1) is 12.8 Å². The summed E-state index contributed by atoms with van der Waals surface area (Å²) in [5.74, 6) is 1.20. The standard InChI is InChI=1S/C29H38N2O/c1-19-11-12-26-24(17-19)25-18-20(2)32-29(28(25)30-26)15-13-23(14-16-29)27(31(4)5)21(3)22-9-7-6-8-10-22/h6-12,17,20-21,23,27,30H,13-16,18H2,1-5H3. The predicted octanol–water partition coefficient (Wildman–Crippen LogP) is 6.56. The average molecular weight is 431 g/mol. The fourth-order valence-corrected chi connectivity index (χ4v) is 6.78. The highest BCUT2D eigenvalue weighted by Crippen LogP contribution is 2.50. The van der Waals surface area contributed by atoms with E-state index in [2.05, 4.69) is 93.3 Å². The van der Waals surface area contributed by atoms with Gasteiger partial charge in [0.15, 0.2) is 0 Å². The molecule has 0 saturated heterocycles. The molecule has 3 nitrogen and oxygen atoms in total. The summed E-state index contributed by atoms with van der Waals surface area (Å²) >= 11 is 0. The SMILES string of the molecule is Cc1ccc2[nH]c3c(c2c1)CC(C)OC31CCC(C(C(C)c2ccccc2)N(C)C)CC1. The zero-order valence-electron chi connectivity index (χ0n) is 20.3. The molecule has 2 aliphatic rings. The van der Waals surface area contributed by atoms with Crippen molar-refractivity contribution in [2.24, 2.45) is 5.92 Å². The highest BCUT2D eigenvalue weighted by Gasteiger charge is 2.46. The van der Waals surface area contributed by atoms with Crippen LogP contribution in [-0.2, 0) is 16.8 Å². The monoisotopic (exact) mass is 430 g/mol. The van der Waals surface area contributed by atoms with Gasteiger partial charge in [0.2, 0.25) is 0 Å². The molecular formula is C29H38N2O. The number of fused-ring (bicyclic) bond motifs is 4. The summed E-state index contributed by atoms with van der Waals surface area (Å²) in [7, 11) is 4.51. The Morgan fingerprint density at radius 1 is 1.06 bits per heavy atom. The summed E-state index contributed by atoms with van der Waals surface area (Å²) < 4.78 is 6.79. The molecule has 32 heavy (non-hydrogen) atoms. The molecule has 3 heteroatoms. The van der Waals surface area contributed by atoms with E-state index < -0.39 is 0 Å². The number of nitrogens with zero attached hydrogens (tertiary/aromatic N) is 1. The van der Waals surface area contributed by atoms with Crippen LogP contribution < -0.4 is 0 Å². The number of aryl methyl sites for hydroxylation is 1. The van der Waals surface area contributed by atoms with Crippen molar-refractivity contribution in [1.29, 1.82) is 0 Å². The van der Waals surface area contributed by atoms with Gasteiger partial charge in [-0.1, -0.05) is 48.9 Å². The number of benzene rings is 2. The fourth-order valence-electron chi connectivity index (χ4n) is 6.78. The van der Waals surface area contributed by atoms with E-state index in [4.69, 9.17) is 4.74 Å². The molecule has 1 aliphatic heterocycles. The van der Waals surface area contributed by atoms with Crippen LogP contribution in [0.25, 0.3) is 10.9 Å². The van der Waals surface area contributed by atoms with Crippen molar-refractivity contribution in [3.8, 4) is 0 Å². The van der Waals surface area contributed by atoms with Crippen LogP contribution in [0.3, 0.4) is 0 Å². The Labute approximate surface area is 193 Å². The first-order valence-electron chi connectivity index (χ1n) is 12.4. The molecule has 1 spiro atoms. The van der Waals surface area contributed by atoms with Gasteiger partial charge in [-0.25, -0.2) is 0 Å². The van der Waals surface area contributed by atoms with Crippen molar-refractivity contribution in [2.45, 2.75) is 76.5 Å². The summed E-state index contributed by atoms with van der Waals surface area (Å²) in [4.78, 5) is 6.26. The highest BCUT2D eigenvalue weighted by molar-refractivity contribution is 5.86. The summed E-state index contributed by atoms with van der Waals surface area (Å²) in [6, 6.07) is 18.4. The number of ether oxygens (including phenoxy) is 1. The van der Waals surface area contributed by atoms with Gasteiger partial charge in [-0.15, -0.1) is 0 Å². The third kappa shape index (κ3) is 3.70. The van der Waals surface area contributed by atoms with E-state index in [1.54, 1.807) is 0 Å². The molecule has 1 aromatic heterocycles. The lowest BCUT2D eigenvalue weighted by Crippen LogP contribution is -2.47. The van der Waals surface area contributed by atoms with Crippen LogP contribution in [0.5, 0.6) is 0 Å². The maximum absolute atomic E-state index is 6.79. The van der Waals surface area contributed by atoms with Crippen molar-refractivity contribution in [1.82, 2.24) is 9.88 Å². The molecule has 0 amide bonds. The quantitative estimate of drug-likeness (QED) is 0.508. The molecule has 0 radical (unpaired) electrons. The molecule has 0 bridgehead atoms. The van der Waals surface area contributed by atoms with Gasteiger partial charge >= 0.3 is 0 Å². The second-order valence-electron chi connectivity index (χ2n) is 10.6. The van der Waals surface area contributed by atoms with Crippen molar-refractivity contribution in [3.05, 3.63) is 70.9 Å². The van der Waals surface area contributed by atoms with Crippen LogP contribution >= 0.6 is 0 Å². The Morgan fingerprint density at radius 2 is 1.78 bits per heavy atom. The largest absolute Gasteiger partial charge is 0.365 e. The second-order valence-corrected chi connectivity index (χ2v) is 10.6. The topological polar surface area (TPSA) is 28.3 Å². The van der Waals surface area contributed by atoms with Crippen molar-refractivity contribution >= 4 is 10.9 Å². The molecule has 2 heterocycles. The van der Waals surface area contributed by atoms with E-state index in [9.17, 15) is 0 Å². The Hall–Kier alpha value is -2.10. The van der Waals surface area contributed by atoms with Crippen LogP contribution in [0.2, 0.25) is 0 Å². The van der Waals surface area contributed by atoms with Crippen molar-refractivity contribution < 1.29 is 4.74 Å². The molecule has 2 aromatic carbocycles. The minimum absolute atomic E-state index is 0.150. The number of likely N-dealkylation sites (N-methyl/N-ethyl adjacent to an activating group) is 1. The number of H-pyrrole nitrogens is 1. The van der Waals surface area contributed by atoms with E-state index in [0.717, 1.165) is 19.3 Å². The van der Waals surface area contributed by atoms with E-state index >= 15 is 0 Å². The van der Waals surface area contributed by atoms with Crippen LogP contribution in [0.4, 0.5) is 0 Å². The van der Waals surface area contributed by atoms with Gasteiger partial charge in [0.1, 0.15) is 5.60 Å². The zero-order valence-corrected chi connectivity index (χ0v) is 20.3. The fraction of sp³-hybridized carbons (Fsp3) is 0.517. The number of aromatic amines is 1. The molecule has 1 aliphatic carbocycles. The van der Waals surface area contributed by atoms with Crippen LogP contribution in [-0.4, -0.2) is 36.1 Å². The minimum atomic E-state index is -0.150. The smallest absolute Gasteiger partial charge is 0.108 e. The van der Waals surface area contributed by atoms with Gasteiger partial charge in [-0.05, 0) is 88.7 Å². The lowest BCUT2D eigenvalue weighted by molar-refractivity contribution is -0.135. The highest BCUT2D eigenvalue weighted by atomic mass is 16.5. The summed E-state index contributed by atoms with van der Waals surface area (Å²) in [5.41, 5.74) is 6.77. The zero-order chi connectivity index (χ0) is 22.5. The Bertz CT molecular complexity index is 1080.